The number of alkyl carbamates (subject to hydrolysis) is 1. The van der Waals surface area contributed by atoms with E-state index >= 15 is 0 Å². The van der Waals surface area contributed by atoms with E-state index in [-0.39, 0.29) is 12.1 Å². The predicted molar refractivity (Wildman–Crippen MR) is 96.8 cm³/mol. The van der Waals surface area contributed by atoms with E-state index in [9.17, 15) is 4.79 Å². The molecule has 1 unspecified atom stereocenters. The number of rotatable bonds is 4. The summed E-state index contributed by atoms with van der Waals surface area (Å²) in [5.74, 6) is 0. The van der Waals surface area contributed by atoms with Crippen LogP contribution < -0.4 is 10.2 Å². The average Bonchev–Trinajstić information content (AvgIpc) is 2.72. The normalized spacial score (nSPS) is 15.9. The van der Waals surface area contributed by atoms with Gasteiger partial charge in [-0.2, -0.15) is 0 Å². The van der Waals surface area contributed by atoms with Crippen molar-refractivity contribution in [2.24, 2.45) is 0 Å². The first kappa shape index (κ1) is 16.4. The van der Waals surface area contributed by atoms with E-state index in [1.54, 1.807) is 0 Å². The summed E-state index contributed by atoms with van der Waals surface area (Å²) in [5, 5.41) is 3.03. The van der Waals surface area contributed by atoms with Crippen molar-refractivity contribution >= 4 is 17.5 Å². The summed E-state index contributed by atoms with van der Waals surface area (Å²) in [5.41, 5.74) is 4.75. The Morgan fingerprint density at radius 3 is 2.58 bits per heavy atom. The molecular formula is C20H24N2O2. The molecule has 1 atom stereocenters. The minimum Gasteiger partial charge on any atom is -0.450 e. The highest BCUT2D eigenvalue weighted by atomic mass is 16.5. The molecule has 0 bridgehead atoms. The smallest absolute Gasteiger partial charge is 0.407 e. The highest BCUT2D eigenvalue weighted by Crippen LogP contribution is 2.39. The molecule has 2 aromatic carbocycles. The molecule has 3 rings (SSSR count). The van der Waals surface area contributed by atoms with Crippen LogP contribution in [0.4, 0.5) is 16.2 Å². The van der Waals surface area contributed by atoms with Crippen LogP contribution >= 0.6 is 0 Å². The molecule has 0 spiro atoms. The van der Waals surface area contributed by atoms with Crippen molar-refractivity contribution in [3.05, 3.63) is 59.7 Å². The molecule has 0 radical (unpaired) electrons. The van der Waals surface area contributed by atoms with Gasteiger partial charge in [0.15, 0.2) is 0 Å². The lowest BCUT2D eigenvalue weighted by Crippen LogP contribution is -2.30. The van der Waals surface area contributed by atoms with Crippen LogP contribution in [0, 0.1) is 0 Å². The van der Waals surface area contributed by atoms with Crippen LogP contribution in [0.2, 0.25) is 0 Å². The Bertz CT molecular complexity index is 714. The Morgan fingerprint density at radius 1 is 1.12 bits per heavy atom. The molecule has 4 heteroatoms. The molecule has 0 aliphatic carbocycles. The largest absolute Gasteiger partial charge is 0.450 e. The maximum atomic E-state index is 12.0. The SMILES string of the molecule is CCCN1c2ccccc2CC(NC(=O)OCC)c2ccccc21. The molecule has 0 saturated carbocycles. The summed E-state index contributed by atoms with van der Waals surface area (Å²) >= 11 is 0. The Hall–Kier alpha value is -2.49. The number of benzene rings is 2. The third-order valence-electron chi connectivity index (χ3n) is 4.32. The van der Waals surface area contributed by atoms with Gasteiger partial charge in [-0.3, -0.25) is 0 Å². The van der Waals surface area contributed by atoms with Gasteiger partial charge in [0.2, 0.25) is 0 Å². The monoisotopic (exact) mass is 324 g/mol. The molecule has 0 saturated heterocycles. The van der Waals surface area contributed by atoms with Crippen molar-refractivity contribution in [2.45, 2.75) is 32.7 Å². The van der Waals surface area contributed by atoms with Gasteiger partial charge in [-0.05, 0) is 43.0 Å². The number of ether oxygens (including phenoxy) is 1. The Labute approximate surface area is 143 Å². The van der Waals surface area contributed by atoms with Crippen LogP contribution in [0.25, 0.3) is 0 Å². The Morgan fingerprint density at radius 2 is 1.83 bits per heavy atom. The van der Waals surface area contributed by atoms with Gasteiger partial charge >= 0.3 is 6.09 Å². The summed E-state index contributed by atoms with van der Waals surface area (Å²) in [6.07, 6.45) is 1.45. The van der Waals surface area contributed by atoms with Gasteiger partial charge in [0.05, 0.1) is 12.6 Å². The number of para-hydroxylation sites is 2. The standard InChI is InChI=1S/C20H24N2O2/c1-3-13-22-18-11-7-5-9-15(18)14-17(21-20(23)24-4-2)16-10-6-8-12-19(16)22/h5-12,17H,3-4,13-14H2,1-2H3,(H,21,23). The molecular weight excluding hydrogens is 300 g/mol. The second-order valence-electron chi connectivity index (χ2n) is 5.96. The van der Waals surface area contributed by atoms with Gasteiger partial charge in [-0.15, -0.1) is 0 Å². The molecule has 1 aliphatic heterocycles. The Balaban J connectivity index is 2.06. The quantitative estimate of drug-likeness (QED) is 0.895. The molecule has 4 nitrogen and oxygen atoms in total. The van der Waals surface area contributed by atoms with E-state index < -0.39 is 0 Å². The molecule has 0 aromatic heterocycles. The molecule has 1 amide bonds. The Kier molecular flexibility index (Phi) is 5.04. The third kappa shape index (κ3) is 3.23. The number of hydrogen-bond donors (Lipinski definition) is 1. The number of nitrogens with one attached hydrogen (secondary N) is 1. The average molecular weight is 324 g/mol. The molecule has 126 valence electrons. The molecule has 1 aliphatic rings. The highest BCUT2D eigenvalue weighted by Gasteiger charge is 2.27. The van der Waals surface area contributed by atoms with Gasteiger partial charge in [0.25, 0.3) is 0 Å². The number of carbonyl (C=O) groups is 1. The van der Waals surface area contributed by atoms with Gasteiger partial charge in [-0.25, -0.2) is 4.79 Å². The molecule has 1 N–H and O–H groups in total. The number of nitrogens with zero attached hydrogens (tertiary/aromatic N) is 1. The lowest BCUT2D eigenvalue weighted by molar-refractivity contribution is 0.148. The molecule has 24 heavy (non-hydrogen) atoms. The van der Waals surface area contributed by atoms with Crippen LogP contribution in [-0.2, 0) is 11.2 Å². The fourth-order valence-corrected chi connectivity index (χ4v) is 3.34. The number of amides is 1. The minimum atomic E-state index is -0.362. The summed E-state index contributed by atoms with van der Waals surface area (Å²) in [7, 11) is 0. The maximum Gasteiger partial charge on any atom is 0.407 e. The van der Waals surface area contributed by atoms with Crippen molar-refractivity contribution < 1.29 is 9.53 Å². The molecule has 0 fully saturated rings. The van der Waals surface area contributed by atoms with E-state index in [1.165, 1.54) is 11.3 Å². The van der Waals surface area contributed by atoms with Gasteiger partial charge < -0.3 is 15.0 Å². The maximum absolute atomic E-state index is 12.0. The van der Waals surface area contributed by atoms with Crippen LogP contribution in [0.15, 0.2) is 48.5 Å². The summed E-state index contributed by atoms with van der Waals surface area (Å²) < 4.78 is 5.10. The lowest BCUT2D eigenvalue weighted by atomic mass is 9.99. The number of carbonyl (C=O) groups excluding carboxylic acids is 1. The first-order valence-corrected chi connectivity index (χ1v) is 8.62. The second-order valence-corrected chi connectivity index (χ2v) is 5.96. The summed E-state index contributed by atoms with van der Waals surface area (Å²) in [4.78, 5) is 14.4. The van der Waals surface area contributed by atoms with Crippen LogP contribution in [0.5, 0.6) is 0 Å². The first-order chi connectivity index (χ1) is 11.7. The van der Waals surface area contributed by atoms with Crippen molar-refractivity contribution in [2.75, 3.05) is 18.1 Å². The van der Waals surface area contributed by atoms with E-state index in [2.05, 4.69) is 59.6 Å². The zero-order valence-corrected chi connectivity index (χ0v) is 14.3. The second kappa shape index (κ2) is 7.39. The van der Waals surface area contributed by atoms with Crippen LogP contribution in [0.1, 0.15) is 37.4 Å². The topological polar surface area (TPSA) is 41.6 Å². The van der Waals surface area contributed by atoms with E-state index in [0.29, 0.717) is 6.61 Å². The first-order valence-electron chi connectivity index (χ1n) is 8.62. The van der Waals surface area contributed by atoms with Gasteiger partial charge in [0.1, 0.15) is 0 Å². The van der Waals surface area contributed by atoms with E-state index in [4.69, 9.17) is 4.74 Å². The molecule has 2 aromatic rings. The summed E-state index contributed by atoms with van der Waals surface area (Å²) in [6, 6.07) is 16.6. The van der Waals surface area contributed by atoms with Crippen LogP contribution in [-0.4, -0.2) is 19.2 Å². The van der Waals surface area contributed by atoms with E-state index in [1.807, 2.05) is 13.0 Å². The van der Waals surface area contributed by atoms with Crippen LogP contribution in [0.3, 0.4) is 0 Å². The third-order valence-corrected chi connectivity index (χ3v) is 4.32. The number of fused-ring (bicyclic) bond motifs is 2. The zero-order chi connectivity index (χ0) is 16.9. The fourth-order valence-electron chi connectivity index (χ4n) is 3.34. The zero-order valence-electron chi connectivity index (χ0n) is 14.3. The minimum absolute atomic E-state index is 0.0942. The van der Waals surface area contributed by atoms with Crippen molar-refractivity contribution in [3.63, 3.8) is 0 Å². The predicted octanol–water partition coefficient (Wildman–Crippen LogP) is 4.58. The van der Waals surface area contributed by atoms with Crippen molar-refractivity contribution in [1.29, 1.82) is 0 Å². The van der Waals surface area contributed by atoms with Crippen molar-refractivity contribution in [1.82, 2.24) is 5.32 Å². The molecule has 1 heterocycles. The number of anilines is 2. The highest BCUT2D eigenvalue weighted by molar-refractivity contribution is 5.74. The lowest BCUT2D eigenvalue weighted by Gasteiger charge is -2.27. The number of hydrogen-bond acceptors (Lipinski definition) is 3. The van der Waals surface area contributed by atoms with Gasteiger partial charge in [-0.1, -0.05) is 43.3 Å². The summed E-state index contributed by atoms with van der Waals surface area (Å²) in [6.45, 7) is 5.32. The van der Waals surface area contributed by atoms with Crippen molar-refractivity contribution in [3.8, 4) is 0 Å². The fraction of sp³-hybridized carbons (Fsp3) is 0.350. The van der Waals surface area contributed by atoms with Gasteiger partial charge in [0, 0.05) is 17.9 Å². The van der Waals surface area contributed by atoms with E-state index in [0.717, 1.165) is 30.6 Å².